The molecular formula is C7H14O3S. The number of aliphatic hydroxyl groups is 1. The zero-order valence-electron chi connectivity index (χ0n) is 7.09. The molecule has 1 aliphatic rings. The molecule has 3 nitrogen and oxygen atoms in total. The van der Waals surface area contributed by atoms with Gasteiger partial charge in [-0.1, -0.05) is 0 Å². The third-order valence-corrected chi connectivity index (χ3v) is 5.01. The predicted octanol–water partition coefficient (Wildman–Crippen LogP) is 0.335. The van der Waals surface area contributed by atoms with Crippen LogP contribution in [-0.4, -0.2) is 30.1 Å². The SMILES string of the molecule is CC(C)(C1(O)CC1)S(C)(=O)=O. The second-order valence-corrected chi connectivity index (χ2v) is 6.38. The first kappa shape index (κ1) is 9.00. The van der Waals surface area contributed by atoms with E-state index in [2.05, 4.69) is 0 Å². The summed E-state index contributed by atoms with van der Waals surface area (Å²) in [5.74, 6) is 0. The summed E-state index contributed by atoms with van der Waals surface area (Å²) in [5, 5.41) is 9.61. The molecule has 0 heterocycles. The van der Waals surface area contributed by atoms with Gasteiger partial charge in [-0.3, -0.25) is 0 Å². The van der Waals surface area contributed by atoms with Crippen LogP contribution in [0.15, 0.2) is 0 Å². The number of rotatable bonds is 2. The van der Waals surface area contributed by atoms with Gasteiger partial charge >= 0.3 is 0 Å². The van der Waals surface area contributed by atoms with Gasteiger partial charge in [-0.2, -0.15) is 0 Å². The smallest absolute Gasteiger partial charge is 0.155 e. The van der Waals surface area contributed by atoms with Gasteiger partial charge in [0, 0.05) is 6.26 Å². The van der Waals surface area contributed by atoms with Crippen molar-refractivity contribution in [2.75, 3.05) is 6.26 Å². The van der Waals surface area contributed by atoms with E-state index >= 15 is 0 Å². The summed E-state index contributed by atoms with van der Waals surface area (Å²) in [6, 6.07) is 0. The second-order valence-electron chi connectivity index (χ2n) is 3.81. The van der Waals surface area contributed by atoms with Crippen LogP contribution in [-0.2, 0) is 9.84 Å². The molecule has 1 aliphatic carbocycles. The standard InChI is InChI=1S/C7H14O3S/c1-6(2,11(3,9)10)7(8)4-5-7/h8H,4-5H2,1-3H3. The van der Waals surface area contributed by atoms with E-state index in [1.807, 2.05) is 0 Å². The molecule has 0 aromatic carbocycles. The van der Waals surface area contributed by atoms with Crippen molar-refractivity contribution in [3.63, 3.8) is 0 Å². The maximum absolute atomic E-state index is 11.2. The number of hydrogen-bond donors (Lipinski definition) is 1. The monoisotopic (exact) mass is 178 g/mol. The van der Waals surface area contributed by atoms with Crippen molar-refractivity contribution in [2.45, 2.75) is 37.0 Å². The van der Waals surface area contributed by atoms with Crippen LogP contribution in [0.2, 0.25) is 0 Å². The Labute approximate surface area is 67.3 Å². The van der Waals surface area contributed by atoms with Gasteiger partial charge in [0.05, 0.1) is 10.3 Å². The van der Waals surface area contributed by atoms with Crippen LogP contribution >= 0.6 is 0 Å². The third-order valence-electron chi connectivity index (χ3n) is 2.77. The minimum atomic E-state index is -3.15. The van der Waals surface area contributed by atoms with E-state index in [0.717, 1.165) is 0 Å². The molecule has 1 N–H and O–H groups in total. The van der Waals surface area contributed by atoms with Crippen molar-refractivity contribution in [1.29, 1.82) is 0 Å². The van der Waals surface area contributed by atoms with Crippen molar-refractivity contribution in [3.05, 3.63) is 0 Å². The lowest BCUT2D eigenvalue weighted by Gasteiger charge is -2.28. The van der Waals surface area contributed by atoms with Crippen LogP contribution in [0.25, 0.3) is 0 Å². The summed E-state index contributed by atoms with van der Waals surface area (Å²) in [6.45, 7) is 3.16. The Morgan fingerprint density at radius 3 is 1.82 bits per heavy atom. The van der Waals surface area contributed by atoms with Crippen LogP contribution in [0.5, 0.6) is 0 Å². The van der Waals surface area contributed by atoms with Gasteiger partial charge < -0.3 is 5.11 Å². The molecule has 0 bridgehead atoms. The van der Waals surface area contributed by atoms with Gasteiger partial charge in [0.15, 0.2) is 9.84 Å². The first-order valence-electron chi connectivity index (χ1n) is 3.63. The Balaban J connectivity index is 3.01. The predicted molar refractivity (Wildman–Crippen MR) is 43.1 cm³/mol. The summed E-state index contributed by atoms with van der Waals surface area (Å²) in [7, 11) is -3.15. The first-order valence-corrected chi connectivity index (χ1v) is 5.52. The maximum atomic E-state index is 11.2. The highest BCUT2D eigenvalue weighted by Crippen LogP contribution is 2.47. The molecule has 0 aromatic heterocycles. The Morgan fingerprint density at radius 2 is 1.73 bits per heavy atom. The molecule has 0 spiro atoms. The van der Waals surface area contributed by atoms with Crippen LogP contribution in [0.1, 0.15) is 26.7 Å². The third kappa shape index (κ3) is 1.18. The molecular weight excluding hydrogens is 164 g/mol. The molecule has 0 radical (unpaired) electrons. The molecule has 0 aromatic rings. The molecule has 0 saturated heterocycles. The van der Waals surface area contributed by atoms with Crippen molar-refractivity contribution >= 4 is 9.84 Å². The van der Waals surface area contributed by atoms with E-state index in [1.165, 1.54) is 6.26 Å². The summed E-state index contributed by atoms with van der Waals surface area (Å²) in [6.07, 6.45) is 2.38. The minimum Gasteiger partial charge on any atom is -0.388 e. The van der Waals surface area contributed by atoms with Crippen molar-refractivity contribution in [1.82, 2.24) is 0 Å². The average Bonchev–Trinajstić information content (AvgIpc) is 2.45. The highest BCUT2D eigenvalue weighted by Gasteiger charge is 2.58. The van der Waals surface area contributed by atoms with E-state index in [9.17, 15) is 13.5 Å². The van der Waals surface area contributed by atoms with Gasteiger partial charge in [-0.05, 0) is 26.7 Å². The maximum Gasteiger partial charge on any atom is 0.155 e. The summed E-state index contributed by atoms with van der Waals surface area (Å²) < 4.78 is 21.4. The lowest BCUT2D eigenvalue weighted by Crippen LogP contribution is -2.45. The molecule has 0 amide bonds. The van der Waals surface area contributed by atoms with E-state index < -0.39 is 20.2 Å². The number of hydrogen-bond acceptors (Lipinski definition) is 3. The Bertz CT molecular complexity index is 259. The van der Waals surface area contributed by atoms with Crippen molar-refractivity contribution in [3.8, 4) is 0 Å². The zero-order valence-corrected chi connectivity index (χ0v) is 7.90. The molecule has 11 heavy (non-hydrogen) atoms. The fraction of sp³-hybridized carbons (Fsp3) is 1.00. The van der Waals surface area contributed by atoms with Gasteiger partial charge in [0.25, 0.3) is 0 Å². The summed E-state index contributed by atoms with van der Waals surface area (Å²) in [4.78, 5) is 0. The van der Waals surface area contributed by atoms with E-state index in [0.29, 0.717) is 12.8 Å². The molecule has 0 unspecified atom stereocenters. The summed E-state index contributed by atoms with van der Waals surface area (Å²) in [5.41, 5.74) is -0.958. The zero-order chi connectivity index (χ0) is 8.91. The molecule has 66 valence electrons. The fourth-order valence-electron chi connectivity index (χ4n) is 1.07. The molecule has 0 aliphatic heterocycles. The molecule has 1 saturated carbocycles. The highest BCUT2D eigenvalue weighted by molar-refractivity contribution is 7.92. The molecule has 4 heteroatoms. The van der Waals surface area contributed by atoms with Crippen LogP contribution < -0.4 is 0 Å². The first-order chi connectivity index (χ1) is 4.71. The summed E-state index contributed by atoms with van der Waals surface area (Å²) >= 11 is 0. The fourth-order valence-corrected chi connectivity index (χ4v) is 1.96. The van der Waals surface area contributed by atoms with Crippen LogP contribution in [0.4, 0.5) is 0 Å². The van der Waals surface area contributed by atoms with E-state index in [4.69, 9.17) is 0 Å². The van der Waals surface area contributed by atoms with Gasteiger partial charge in [0.2, 0.25) is 0 Å². The van der Waals surface area contributed by atoms with Crippen LogP contribution in [0.3, 0.4) is 0 Å². The minimum absolute atomic E-state index is 0.604. The lowest BCUT2D eigenvalue weighted by molar-refractivity contribution is 0.112. The van der Waals surface area contributed by atoms with Crippen LogP contribution in [0, 0.1) is 0 Å². The van der Waals surface area contributed by atoms with Gasteiger partial charge in [0.1, 0.15) is 0 Å². The quantitative estimate of drug-likeness (QED) is 0.663. The lowest BCUT2D eigenvalue weighted by atomic mass is 10.1. The Morgan fingerprint density at radius 1 is 1.36 bits per heavy atom. The largest absolute Gasteiger partial charge is 0.388 e. The van der Waals surface area contributed by atoms with Gasteiger partial charge in [-0.25, -0.2) is 8.42 Å². The van der Waals surface area contributed by atoms with E-state index in [1.54, 1.807) is 13.8 Å². The van der Waals surface area contributed by atoms with Crippen molar-refractivity contribution < 1.29 is 13.5 Å². The normalized spacial score (nSPS) is 23.3. The molecule has 0 atom stereocenters. The Hall–Kier alpha value is -0.0900. The highest BCUT2D eigenvalue weighted by atomic mass is 32.2. The average molecular weight is 178 g/mol. The second kappa shape index (κ2) is 1.98. The Kier molecular flexibility index (Phi) is 1.62. The molecule has 1 rings (SSSR count). The van der Waals surface area contributed by atoms with E-state index in [-0.39, 0.29) is 0 Å². The number of sulfone groups is 1. The van der Waals surface area contributed by atoms with Gasteiger partial charge in [-0.15, -0.1) is 0 Å². The van der Waals surface area contributed by atoms with Crippen molar-refractivity contribution in [2.24, 2.45) is 0 Å². The topological polar surface area (TPSA) is 54.4 Å². The molecule has 1 fully saturated rings.